The topological polar surface area (TPSA) is 95.1 Å². The van der Waals surface area contributed by atoms with Gasteiger partial charge in [0, 0.05) is 0 Å². The second-order valence-electron chi connectivity index (χ2n) is 4.20. The van der Waals surface area contributed by atoms with Crippen LogP contribution < -0.4 is 5.32 Å². The number of rotatable bonds is 4. The molecular formula is C10H13N3O3. The van der Waals surface area contributed by atoms with Crippen LogP contribution in [-0.2, 0) is 4.79 Å². The second kappa shape index (κ2) is 3.62. The Labute approximate surface area is 92.1 Å². The first-order valence-corrected chi connectivity index (χ1v) is 5.08. The average Bonchev–Trinajstić information content (AvgIpc) is 2.94. The van der Waals surface area contributed by atoms with Crippen LogP contribution in [0.1, 0.15) is 30.3 Å². The van der Waals surface area contributed by atoms with Crippen molar-refractivity contribution in [2.75, 3.05) is 0 Å². The molecule has 86 valence electrons. The van der Waals surface area contributed by atoms with Crippen molar-refractivity contribution in [1.82, 2.24) is 15.3 Å². The number of imidazole rings is 1. The third kappa shape index (κ3) is 1.78. The Morgan fingerprint density at radius 3 is 2.75 bits per heavy atom. The summed E-state index contributed by atoms with van der Waals surface area (Å²) in [6.45, 7) is 1.54. The fourth-order valence-electron chi connectivity index (χ4n) is 1.67. The second-order valence-corrected chi connectivity index (χ2v) is 4.20. The van der Waals surface area contributed by atoms with Gasteiger partial charge in [-0.1, -0.05) is 0 Å². The summed E-state index contributed by atoms with van der Waals surface area (Å²) in [4.78, 5) is 29.2. The Hall–Kier alpha value is -1.85. The lowest BCUT2D eigenvalue weighted by Crippen LogP contribution is -2.54. The fraction of sp³-hybridized carbons (Fsp3) is 0.500. The van der Waals surface area contributed by atoms with Gasteiger partial charge in [0.05, 0.1) is 12.5 Å². The van der Waals surface area contributed by atoms with E-state index in [1.807, 2.05) is 0 Å². The molecule has 1 heterocycles. The van der Waals surface area contributed by atoms with Gasteiger partial charge in [-0.2, -0.15) is 0 Å². The number of carboxylic acid groups (broad SMARTS) is 1. The highest BCUT2D eigenvalue weighted by Gasteiger charge is 2.48. The van der Waals surface area contributed by atoms with Crippen molar-refractivity contribution in [1.29, 1.82) is 0 Å². The molecule has 1 amide bonds. The number of H-pyrrole nitrogens is 1. The van der Waals surface area contributed by atoms with E-state index < -0.39 is 17.4 Å². The van der Waals surface area contributed by atoms with Crippen LogP contribution in [0.25, 0.3) is 0 Å². The molecule has 1 aromatic rings. The van der Waals surface area contributed by atoms with E-state index in [0.717, 1.165) is 12.8 Å². The van der Waals surface area contributed by atoms with E-state index in [0.29, 0.717) is 0 Å². The molecule has 2 rings (SSSR count). The third-order valence-electron chi connectivity index (χ3n) is 2.95. The van der Waals surface area contributed by atoms with Crippen molar-refractivity contribution in [3.8, 4) is 0 Å². The van der Waals surface area contributed by atoms with E-state index in [-0.39, 0.29) is 11.6 Å². The lowest BCUT2D eigenvalue weighted by Gasteiger charge is -2.25. The predicted octanol–water partition coefficient (Wildman–Crippen LogP) is 0.393. The van der Waals surface area contributed by atoms with Gasteiger partial charge < -0.3 is 15.4 Å². The van der Waals surface area contributed by atoms with Crippen LogP contribution in [0.2, 0.25) is 0 Å². The van der Waals surface area contributed by atoms with Gasteiger partial charge in [-0.25, -0.2) is 9.78 Å². The van der Waals surface area contributed by atoms with Crippen LogP contribution in [0.4, 0.5) is 0 Å². The summed E-state index contributed by atoms with van der Waals surface area (Å²) in [5, 5.41) is 11.7. The van der Waals surface area contributed by atoms with Crippen molar-refractivity contribution in [3.63, 3.8) is 0 Å². The zero-order valence-corrected chi connectivity index (χ0v) is 8.86. The number of aromatic amines is 1. The molecule has 1 atom stereocenters. The number of aliphatic carboxylic acids is 1. The maximum absolute atomic E-state index is 11.7. The minimum absolute atomic E-state index is 0.0249. The van der Waals surface area contributed by atoms with Crippen LogP contribution in [0, 0.1) is 5.92 Å². The number of hydrogen-bond donors (Lipinski definition) is 3. The van der Waals surface area contributed by atoms with Crippen molar-refractivity contribution in [3.05, 3.63) is 18.2 Å². The van der Waals surface area contributed by atoms with Gasteiger partial charge in [-0.05, 0) is 25.7 Å². The molecule has 6 nitrogen and oxygen atoms in total. The molecule has 0 radical (unpaired) electrons. The Morgan fingerprint density at radius 1 is 1.62 bits per heavy atom. The molecule has 0 aromatic carbocycles. The summed E-state index contributed by atoms with van der Waals surface area (Å²) in [5.41, 5.74) is -0.907. The maximum atomic E-state index is 11.7. The number of amides is 1. The Kier molecular flexibility index (Phi) is 2.41. The predicted molar refractivity (Wildman–Crippen MR) is 54.8 cm³/mol. The maximum Gasteiger partial charge on any atom is 0.329 e. The molecule has 6 heteroatoms. The van der Waals surface area contributed by atoms with Crippen LogP contribution in [-0.4, -0.2) is 32.5 Å². The van der Waals surface area contributed by atoms with Crippen molar-refractivity contribution < 1.29 is 14.7 Å². The van der Waals surface area contributed by atoms with E-state index in [1.165, 1.54) is 12.5 Å². The molecule has 0 bridgehead atoms. The van der Waals surface area contributed by atoms with E-state index in [4.69, 9.17) is 5.11 Å². The van der Waals surface area contributed by atoms with Gasteiger partial charge in [-0.3, -0.25) is 4.79 Å². The monoisotopic (exact) mass is 223 g/mol. The van der Waals surface area contributed by atoms with E-state index in [1.54, 1.807) is 6.92 Å². The average molecular weight is 223 g/mol. The van der Waals surface area contributed by atoms with Crippen molar-refractivity contribution in [2.24, 2.45) is 5.92 Å². The van der Waals surface area contributed by atoms with Gasteiger partial charge in [0.15, 0.2) is 0 Å². The molecule has 1 aliphatic carbocycles. The van der Waals surface area contributed by atoms with E-state index >= 15 is 0 Å². The van der Waals surface area contributed by atoms with Crippen molar-refractivity contribution >= 4 is 11.9 Å². The first-order chi connectivity index (χ1) is 7.54. The van der Waals surface area contributed by atoms with Crippen LogP contribution in [0.15, 0.2) is 12.5 Å². The minimum atomic E-state index is -1.18. The lowest BCUT2D eigenvalue weighted by molar-refractivity contribution is -0.144. The summed E-state index contributed by atoms with van der Waals surface area (Å²) < 4.78 is 0. The van der Waals surface area contributed by atoms with Gasteiger partial charge in [0.1, 0.15) is 11.2 Å². The van der Waals surface area contributed by atoms with E-state index in [9.17, 15) is 9.59 Å². The number of aromatic nitrogens is 2. The quantitative estimate of drug-likeness (QED) is 0.688. The summed E-state index contributed by atoms with van der Waals surface area (Å²) >= 11 is 0. The van der Waals surface area contributed by atoms with Gasteiger partial charge in [0.2, 0.25) is 0 Å². The summed E-state index contributed by atoms with van der Waals surface area (Å²) in [5.74, 6) is -1.41. The van der Waals surface area contributed by atoms with Crippen LogP contribution in [0.5, 0.6) is 0 Å². The van der Waals surface area contributed by atoms with Gasteiger partial charge in [-0.15, -0.1) is 0 Å². The summed E-state index contributed by atoms with van der Waals surface area (Å²) in [7, 11) is 0. The molecule has 0 saturated heterocycles. The largest absolute Gasteiger partial charge is 0.480 e. The van der Waals surface area contributed by atoms with Gasteiger partial charge >= 0.3 is 5.97 Å². The highest BCUT2D eigenvalue weighted by molar-refractivity contribution is 5.96. The Balaban J connectivity index is 2.12. The Bertz CT molecular complexity index is 411. The molecule has 1 unspecified atom stereocenters. The SMILES string of the molecule is CC(NC(=O)c1cnc[nH]1)(C(=O)O)C1CC1. The lowest BCUT2D eigenvalue weighted by atomic mass is 9.96. The number of nitrogens with one attached hydrogen (secondary N) is 2. The molecule has 1 aliphatic rings. The van der Waals surface area contributed by atoms with Crippen LogP contribution in [0.3, 0.4) is 0 Å². The number of carboxylic acids is 1. The zero-order valence-electron chi connectivity index (χ0n) is 8.86. The summed E-state index contributed by atoms with van der Waals surface area (Å²) in [6.07, 6.45) is 4.42. The van der Waals surface area contributed by atoms with Crippen LogP contribution >= 0.6 is 0 Å². The highest BCUT2D eigenvalue weighted by atomic mass is 16.4. The summed E-state index contributed by atoms with van der Waals surface area (Å²) in [6, 6.07) is 0. The standard InChI is InChI=1S/C10H13N3O3/c1-10(9(15)16,6-2-3-6)13-8(14)7-4-11-5-12-7/h4-6H,2-3H2,1H3,(H,11,12)(H,13,14)(H,15,16). The number of hydrogen-bond acceptors (Lipinski definition) is 3. The number of carbonyl (C=O) groups is 2. The number of nitrogens with zero attached hydrogens (tertiary/aromatic N) is 1. The smallest absolute Gasteiger partial charge is 0.329 e. The molecule has 0 spiro atoms. The normalized spacial score (nSPS) is 18.8. The van der Waals surface area contributed by atoms with E-state index in [2.05, 4.69) is 15.3 Å². The highest BCUT2D eigenvalue weighted by Crippen LogP contribution is 2.39. The zero-order chi connectivity index (χ0) is 11.8. The molecule has 3 N–H and O–H groups in total. The molecule has 0 aliphatic heterocycles. The molecule has 1 fully saturated rings. The number of carbonyl (C=O) groups excluding carboxylic acids is 1. The third-order valence-corrected chi connectivity index (χ3v) is 2.95. The Morgan fingerprint density at radius 2 is 2.31 bits per heavy atom. The fourth-order valence-corrected chi connectivity index (χ4v) is 1.67. The molecule has 1 aromatic heterocycles. The molecule has 16 heavy (non-hydrogen) atoms. The van der Waals surface area contributed by atoms with Gasteiger partial charge in [0.25, 0.3) is 5.91 Å². The van der Waals surface area contributed by atoms with Crippen molar-refractivity contribution in [2.45, 2.75) is 25.3 Å². The minimum Gasteiger partial charge on any atom is -0.480 e. The molecule has 1 saturated carbocycles. The molecular weight excluding hydrogens is 210 g/mol. The first kappa shape index (κ1) is 10.7. The first-order valence-electron chi connectivity index (χ1n) is 5.08.